The summed E-state index contributed by atoms with van der Waals surface area (Å²) in [6.07, 6.45) is -2.86. The van der Waals surface area contributed by atoms with Crippen LogP contribution in [0.5, 0.6) is 0 Å². The van der Waals surface area contributed by atoms with E-state index in [1.807, 2.05) is 0 Å². The van der Waals surface area contributed by atoms with Crippen molar-refractivity contribution in [2.75, 3.05) is 6.61 Å². The number of aromatic nitrogens is 1. The maximum Gasteiger partial charge on any atom is 0.414 e. The molecule has 0 saturated carbocycles. The SMILES string of the molecule is Cn1cccc1C(=O)NOCC(F)(F)F. The van der Waals surface area contributed by atoms with Gasteiger partial charge in [0.15, 0.2) is 6.61 Å². The molecule has 1 N–H and O–H groups in total. The highest BCUT2D eigenvalue weighted by atomic mass is 19.4. The van der Waals surface area contributed by atoms with Gasteiger partial charge in [-0.05, 0) is 12.1 Å². The van der Waals surface area contributed by atoms with Crippen LogP contribution in [0, 0.1) is 0 Å². The topological polar surface area (TPSA) is 43.3 Å². The highest BCUT2D eigenvalue weighted by molar-refractivity contribution is 5.91. The van der Waals surface area contributed by atoms with Crippen molar-refractivity contribution in [3.05, 3.63) is 24.0 Å². The van der Waals surface area contributed by atoms with E-state index >= 15 is 0 Å². The van der Waals surface area contributed by atoms with E-state index in [1.54, 1.807) is 24.8 Å². The third kappa shape index (κ3) is 3.62. The van der Waals surface area contributed by atoms with Crippen molar-refractivity contribution in [3.63, 3.8) is 0 Å². The molecule has 1 aromatic heterocycles. The number of hydrogen-bond acceptors (Lipinski definition) is 2. The number of halogens is 3. The summed E-state index contributed by atoms with van der Waals surface area (Å²) in [6.45, 7) is -1.51. The summed E-state index contributed by atoms with van der Waals surface area (Å²) in [6, 6.07) is 3.06. The molecule has 0 bridgehead atoms. The Bertz CT molecular complexity index is 346. The van der Waals surface area contributed by atoms with Gasteiger partial charge in [-0.2, -0.15) is 13.2 Å². The normalized spacial score (nSPS) is 11.5. The standard InChI is InChI=1S/C8H9F3N2O2/c1-13-4-2-3-6(13)7(14)12-15-5-8(9,10)11/h2-4H,5H2,1H3,(H,12,14). The van der Waals surface area contributed by atoms with Crippen LogP contribution in [-0.4, -0.2) is 23.3 Å². The smallest absolute Gasteiger partial charge is 0.347 e. The molecule has 1 heterocycles. The fourth-order valence-corrected chi connectivity index (χ4v) is 0.933. The van der Waals surface area contributed by atoms with E-state index in [-0.39, 0.29) is 5.69 Å². The van der Waals surface area contributed by atoms with Crippen molar-refractivity contribution in [2.24, 2.45) is 7.05 Å². The first kappa shape index (κ1) is 11.6. The summed E-state index contributed by atoms with van der Waals surface area (Å²) in [7, 11) is 1.60. The van der Waals surface area contributed by atoms with E-state index in [0.717, 1.165) is 0 Å². The molecule has 0 aromatic carbocycles. The van der Waals surface area contributed by atoms with E-state index in [4.69, 9.17) is 0 Å². The first-order valence-electron chi connectivity index (χ1n) is 4.00. The van der Waals surface area contributed by atoms with Crippen molar-refractivity contribution in [1.29, 1.82) is 0 Å². The fraction of sp³-hybridized carbons (Fsp3) is 0.375. The molecule has 1 rings (SSSR count). The molecule has 0 atom stereocenters. The largest absolute Gasteiger partial charge is 0.414 e. The Labute approximate surface area is 83.6 Å². The van der Waals surface area contributed by atoms with Crippen LogP contribution < -0.4 is 5.48 Å². The molecule has 0 saturated heterocycles. The summed E-state index contributed by atoms with van der Waals surface area (Å²) < 4.78 is 36.4. The predicted molar refractivity (Wildman–Crippen MR) is 44.9 cm³/mol. The second kappa shape index (κ2) is 4.35. The third-order valence-corrected chi connectivity index (χ3v) is 1.58. The van der Waals surface area contributed by atoms with Crippen molar-refractivity contribution < 1.29 is 22.8 Å². The molecule has 7 heteroatoms. The lowest BCUT2D eigenvalue weighted by Crippen LogP contribution is -2.30. The number of carbonyl (C=O) groups is 1. The van der Waals surface area contributed by atoms with Crippen LogP contribution in [0.3, 0.4) is 0 Å². The average molecular weight is 222 g/mol. The van der Waals surface area contributed by atoms with E-state index in [1.165, 1.54) is 10.6 Å². The minimum absolute atomic E-state index is 0.220. The number of nitrogens with one attached hydrogen (secondary N) is 1. The molecule has 84 valence electrons. The summed E-state index contributed by atoms with van der Waals surface area (Å²) >= 11 is 0. The van der Waals surface area contributed by atoms with Crippen molar-refractivity contribution in [1.82, 2.24) is 10.0 Å². The van der Waals surface area contributed by atoms with Crippen LogP contribution in [0.1, 0.15) is 10.5 Å². The number of aryl methyl sites for hydroxylation is 1. The number of carbonyl (C=O) groups excluding carboxylic acids is 1. The Morgan fingerprint density at radius 3 is 2.73 bits per heavy atom. The number of amides is 1. The average Bonchev–Trinajstić information content (AvgIpc) is 2.48. The monoisotopic (exact) mass is 222 g/mol. The molecule has 0 aliphatic carbocycles. The predicted octanol–water partition coefficient (Wildman–Crippen LogP) is 1.25. The molecule has 1 aromatic rings. The van der Waals surface area contributed by atoms with E-state index < -0.39 is 18.7 Å². The molecule has 0 fully saturated rings. The fourth-order valence-electron chi connectivity index (χ4n) is 0.933. The summed E-state index contributed by atoms with van der Waals surface area (Å²) in [4.78, 5) is 15.2. The van der Waals surface area contributed by atoms with Crippen molar-refractivity contribution in [3.8, 4) is 0 Å². The first-order chi connectivity index (χ1) is 6.90. The van der Waals surface area contributed by atoms with Crippen molar-refractivity contribution >= 4 is 5.91 Å². The van der Waals surface area contributed by atoms with Gasteiger partial charge in [-0.15, -0.1) is 0 Å². The second-order valence-electron chi connectivity index (χ2n) is 2.84. The van der Waals surface area contributed by atoms with Crippen LogP contribution in [-0.2, 0) is 11.9 Å². The highest BCUT2D eigenvalue weighted by Crippen LogP contribution is 2.13. The number of alkyl halides is 3. The summed E-state index contributed by atoms with van der Waals surface area (Å²) in [5.74, 6) is -0.716. The van der Waals surface area contributed by atoms with Gasteiger partial charge in [0.25, 0.3) is 5.91 Å². The lowest BCUT2D eigenvalue weighted by molar-refractivity contribution is -0.184. The van der Waals surface area contributed by atoms with Crippen LogP contribution >= 0.6 is 0 Å². The minimum Gasteiger partial charge on any atom is -0.347 e. The van der Waals surface area contributed by atoms with Gasteiger partial charge in [-0.3, -0.25) is 9.63 Å². The zero-order valence-corrected chi connectivity index (χ0v) is 7.84. The summed E-state index contributed by atoms with van der Waals surface area (Å²) in [5.41, 5.74) is 1.92. The highest BCUT2D eigenvalue weighted by Gasteiger charge is 2.28. The molecular formula is C8H9F3N2O2. The van der Waals surface area contributed by atoms with Gasteiger partial charge in [0, 0.05) is 13.2 Å². The molecule has 4 nitrogen and oxygen atoms in total. The van der Waals surface area contributed by atoms with Gasteiger partial charge in [-0.25, -0.2) is 5.48 Å². The number of rotatable bonds is 3. The van der Waals surface area contributed by atoms with Crippen LogP contribution in [0.2, 0.25) is 0 Å². The van der Waals surface area contributed by atoms with Crippen molar-refractivity contribution in [2.45, 2.75) is 6.18 Å². The zero-order chi connectivity index (χ0) is 11.5. The molecule has 0 aliphatic rings. The Balaban J connectivity index is 2.41. The van der Waals surface area contributed by atoms with Gasteiger partial charge >= 0.3 is 6.18 Å². The lowest BCUT2D eigenvalue weighted by Gasteiger charge is -2.08. The molecule has 15 heavy (non-hydrogen) atoms. The van der Waals surface area contributed by atoms with E-state index in [2.05, 4.69) is 4.84 Å². The number of hydrogen-bond donors (Lipinski definition) is 1. The molecular weight excluding hydrogens is 213 g/mol. The van der Waals surface area contributed by atoms with Crippen LogP contribution in [0.4, 0.5) is 13.2 Å². The minimum atomic E-state index is -4.46. The number of nitrogens with zero attached hydrogens (tertiary/aromatic N) is 1. The molecule has 0 unspecified atom stereocenters. The van der Waals surface area contributed by atoms with Gasteiger partial charge in [0.05, 0.1) is 0 Å². The Kier molecular flexibility index (Phi) is 3.35. The zero-order valence-electron chi connectivity index (χ0n) is 7.84. The van der Waals surface area contributed by atoms with Crippen LogP contribution in [0.25, 0.3) is 0 Å². The maximum atomic E-state index is 11.6. The van der Waals surface area contributed by atoms with Gasteiger partial charge in [0.2, 0.25) is 0 Å². The Morgan fingerprint density at radius 1 is 1.60 bits per heavy atom. The molecule has 0 aliphatic heterocycles. The van der Waals surface area contributed by atoms with E-state index in [9.17, 15) is 18.0 Å². The first-order valence-corrected chi connectivity index (χ1v) is 4.00. The van der Waals surface area contributed by atoms with Crippen LogP contribution in [0.15, 0.2) is 18.3 Å². The molecule has 1 amide bonds. The van der Waals surface area contributed by atoms with E-state index in [0.29, 0.717) is 0 Å². The van der Waals surface area contributed by atoms with Gasteiger partial charge in [-0.1, -0.05) is 0 Å². The Hall–Kier alpha value is -1.50. The quantitative estimate of drug-likeness (QED) is 0.782. The molecule has 0 spiro atoms. The molecule has 0 radical (unpaired) electrons. The summed E-state index contributed by atoms with van der Waals surface area (Å²) in [5, 5.41) is 0. The third-order valence-electron chi connectivity index (χ3n) is 1.58. The Morgan fingerprint density at radius 2 is 2.27 bits per heavy atom. The second-order valence-corrected chi connectivity index (χ2v) is 2.84. The maximum absolute atomic E-state index is 11.6. The van der Waals surface area contributed by atoms with Gasteiger partial charge in [0.1, 0.15) is 5.69 Å². The lowest BCUT2D eigenvalue weighted by atomic mass is 10.4. The number of hydroxylamine groups is 1. The van der Waals surface area contributed by atoms with Gasteiger partial charge < -0.3 is 4.57 Å².